The zero-order valence-corrected chi connectivity index (χ0v) is 17.3. The number of thioether (sulfide) groups is 1. The number of carbonyl (C=O) groups excluding carboxylic acids is 1. The van der Waals surface area contributed by atoms with Crippen molar-refractivity contribution in [2.45, 2.75) is 25.8 Å². The molecule has 28 heavy (non-hydrogen) atoms. The maximum absolute atomic E-state index is 12.9. The molecule has 4 rings (SSSR count). The molecule has 2 saturated heterocycles. The molecule has 2 aromatic rings. The number of ether oxygens (including phenoxy) is 1. The first-order chi connectivity index (χ1) is 13.6. The average molecular weight is 402 g/mol. The highest BCUT2D eigenvalue weighted by Crippen LogP contribution is 2.33. The number of rotatable bonds is 5. The SMILES string of the molecule is Cc1ccc(-n2nnc(C(=O)NCC3(N4CCOCC4)CCSC3)c2C)cc1. The van der Waals surface area contributed by atoms with Crippen LogP contribution in [0.4, 0.5) is 0 Å². The molecule has 0 spiro atoms. The molecule has 3 heterocycles. The Morgan fingerprint density at radius 2 is 2.00 bits per heavy atom. The first-order valence-electron chi connectivity index (χ1n) is 9.77. The van der Waals surface area contributed by atoms with Crippen molar-refractivity contribution in [3.8, 4) is 5.69 Å². The summed E-state index contributed by atoms with van der Waals surface area (Å²) in [6.45, 7) is 7.96. The van der Waals surface area contributed by atoms with Crippen LogP contribution in [-0.4, -0.2) is 75.7 Å². The largest absolute Gasteiger partial charge is 0.379 e. The number of benzene rings is 1. The van der Waals surface area contributed by atoms with Crippen LogP contribution in [0.25, 0.3) is 5.69 Å². The fraction of sp³-hybridized carbons (Fsp3) is 0.550. The predicted octanol–water partition coefficient (Wildman–Crippen LogP) is 1.82. The Labute approximate surface area is 169 Å². The van der Waals surface area contributed by atoms with Crippen molar-refractivity contribution >= 4 is 17.7 Å². The Bertz CT molecular complexity index is 824. The fourth-order valence-corrected chi connectivity index (χ4v) is 5.41. The minimum absolute atomic E-state index is 0.0188. The monoisotopic (exact) mass is 401 g/mol. The fourth-order valence-electron chi connectivity index (χ4n) is 3.93. The average Bonchev–Trinajstić information content (AvgIpc) is 3.35. The van der Waals surface area contributed by atoms with Crippen LogP contribution in [0, 0.1) is 13.8 Å². The molecule has 1 atom stereocenters. The lowest BCUT2D eigenvalue weighted by molar-refractivity contribution is -0.0129. The summed E-state index contributed by atoms with van der Waals surface area (Å²) in [6, 6.07) is 8.03. The Kier molecular flexibility index (Phi) is 5.70. The number of morpholine rings is 1. The van der Waals surface area contributed by atoms with Crippen molar-refractivity contribution in [3.05, 3.63) is 41.2 Å². The van der Waals surface area contributed by atoms with Gasteiger partial charge in [0.2, 0.25) is 0 Å². The molecule has 8 heteroatoms. The molecule has 1 N–H and O–H groups in total. The van der Waals surface area contributed by atoms with Crippen LogP contribution < -0.4 is 5.32 Å². The van der Waals surface area contributed by atoms with Crippen LogP contribution in [0.2, 0.25) is 0 Å². The lowest BCUT2D eigenvalue weighted by Crippen LogP contribution is -2.59. The number of aromatic nitrogens is 3. The van der Waals surface area contributed by atoms with Gasteiger partial charge in [0.25, 0.3) is 5.91 Å². The smallest absolute Gasteiger partial charge is 0.273 e. The van der Waals surface area contributed by atoms with Gasteiger partial charge in [0.1, 0.15) is 0 Å². The van der Waals surface area contributed by atoms with Gasteiger partial charge in [0, 0.05) is 30.9 Å². The van der Waals surface area contributed by atoms with Gasteiger partial charge in [-0.1, -0.05) is 22.9 Å². The zero-order valence-electron chi connectivity index (χ0n) is 16.5. The molecule has 2 fully saturated rings. The van der Waals surface area contributed by atoms with Crippen LogP contribution in [0.3, 0.4) is 0 Å². The van der Waals surface area contributed by atoms with E-state index >= 15 is 0 Å². The highest BCUT2D eigenvalue weighted by Gasteiger charge is 2.41. The van der Waals surface area contributed by atoms with E-state index in [-0.39, 0.29) is 11.4 Å². The van der Waals surface area contributed by atoms with Gasteiger partial charge in [-0.2, -0.15) is 11.8 Å². The van der Waals surface area contributed by atoms with Gasteiger partial charge in [0.05, 0.1) is 24.6 Å². The Morgan fingerprint density at radius 3 is 2.68 bits per heavy atom. The van der Waals surface area contributed by atoms with E-state index in [0.717, 1.165) is 55.6 Å². The van der Waals surface area contributed by atoms with E-state index < -0.39 is 0 Å². The first kappa shape index (κ1) is 19.4. The zero-order chi connectivity index (χ0) is 19.6. The molecule has 0 aliphatic carbocycles. The van der Waals surface area contributed by atoms with E-state index in [9.17, 15) is 4.79 Å². The summed E-state index contributed by atoms with van der Waals surface area (Å²) in [4.78, 5) is 15.4. The van der Waals surface area contributed by atoms with Gasteiger partial charge in [-0.05, 0) is 38.2 Å². The molecule has 0 saturated carbocycles. The molecule has 0 bridgehead atoms. The first-order valence-corrected chi connectivity index (χ1v) is 10.9. The lowest BCUT2D eigenvalue weighted by atomic mass is 9.95. The summed E-state index contributed by atoms with van der Waals surface area (Å²) in [6.07, 6.45) is 1.09. The minimum Gasteiger partial charge on any atom is -0.379 e. The van der Waals surface area contributed by atoms with Gasteiger partial charge >= 0.3 is 0 Å². The summed E-state index contributed by atoms with van der Waals surface area (Å²) in [7, 11) is 0. The molecule has 1 unspecified atom stereocenters. The van der Waals surface area contributed by atoms with Crippen molar-refractivity contribution in [2.75, 3.05) is 44.4 Å². The van der Waals surface area contributed by atoms with E-state index in [2.05, 4.69) is 20.5 Å². The highest BCUT2D eigenvalue weighted by atomic mass is 32.2. The van der Waals surface area contributed by atoms with Gasteiger partial charge in [-0.25, -0.2) is 4.68 Å². The predicted molar refractivity (Wildman–Crippen MR) is 110 cm³/mol. The van der Waals surface area contributed by atoms with Crippen LogP contribution in [-0.2, 0) is 4.74 Å². The van der Waals surface area contributed by atoms with Crippen LogP contribution in [0.5, 0.6) is 0 Å². The molecular weight excluding hydrogens is 374 g/mol. The lowest BCUT2D eigenvalue weighted by Gasteiger charge is -2.43. The molecule has 150 valence electrons. The van der Waals surface area contributed by atoms with E-state index in [1.807, 2.05) is 49.9 Å². The minimum atomic E-state index is -0.152. The van der Waals surface area contributed by atoms with E-state index in [0.29, 0.717) is 12.2 Å². The molecule has 1 aromatic heterocycles. The number of aryl methyl sites for hydroxylation is 1. The van der Waals surface area contributed by atoms with Crippen molar-refractivity contribution in [3.63, 3.8) is 0 Å². The standard InChI is InChI=1S/C20H27N5O2S/c1-15-3-5-17(6-4-15)25-16(2)18(22-23-25)19(26)21-13-20(7-12-28-14-20)24-8-10-27-11-9-24/h3-6H,7-14H2,1-2H3,(H,21,26). The molecular formula is C20H27N5O2S. The van der Waals surface area contributed by atoms with Gasteiger partial charge in [0.15, 0.2) is 5.69 Å². The van der Waals surface area contributed by atoms with Crippen LogP contribution in [0.15, 0.2) is 24.3 Å². The van der Waals surface area contributed by atoms with E-state index in [4.69, 9.17) is 4.74 Å². The third-order valence-electron chi connectivity index (χ3n) is 5.73. The van der Waals surface area contributed by atoms with Gasteiger partial charge in [-0.3, -0.25) is 9.69 Å². The Hall–Kier alpha value is -1.90. The third kappa shape index (κ3) is 3.81. The second kappa shape index (κ2) is 8.23. The summed E-state index contributed by atoms with van der Waals surface area (Å²) in [5.41, 5.74) is 3.25. The summed E-state index contributed by atoms with van der Waals surface area (Å²) >= 11 is 1.96. The van der Waals surface area contributed by atoms with Crippen molar-refractivity contribution in [2.24, 2.45) is 0 Å². The maximum atomic E-state index is 12.9. The molecule has 2 aliphatic heterocycles. The maximum Gasteiger partial charge on any atom is 0.273 e. The number of carbonyl (C=O) groups is 1. The van der Waals surface area contributed by atoms with E-state index in [1.165, 1.54) is 5.56 Å². The second-order valence-electron chi connectivity index (χ2n) is 7.58. The highest BCUT2D eigenvalue weighted by molar-refractivity contribution is 7.99. The Morgan fingerprint density at radius 1 is 1.25 bits per heavy atom. The van der Waals surface area contributed by atoms with Crippen LogP contribution >= 0.6 is 11.8 Å². The molecule has 0 radical (unpaired) electrons. The molecule has 2 aliphatic rings. The normalized spacial score (nSPS) is 23.1. The van der Waals surface area contributed by atoms with Crippen molar-refractivity contribution in [1.29, 1.82) is 0 Å². The van der Waals surface area contributed by atoms with Crippen molar-refractivity contribution in [1.82, 2.24) is 25.2 Å². The quantitative estimate of drug-likeness (QED) is 0.824. The molecule has 1 amide bonds. The van der Waals surface area contributed by atoms with Crippen LogP contribution in [0.1, 0.15) is 28.2 Å². The number of amides is 1. The number of nitrogens with zero attached hydrogens (tertiary/aromatic N) is 4. The Balaban J connectivity index is 1.47. The molecule has 1 aromatic carbocycles. The van der Waals surface area contributed by atoms with Crippen molar-refractivity contribution < 1.29 is 9.53 Å². The summed E-state index contributed by atoms with van der Waals surface area (Å²) < 4.78 is 7.23. The molecule has 7 nitrogen and oxygen atoms in total. The van der Waals surface area contributed by atoms with Gasteiger partial charge in [-0.15, -0.1) is 5.10 Å². The van der Waals surface area contributed by atoms with E-state index in [1.54, 1.807) is 4.68 Å². The number of hydrogen-bond acceptors (Lipinski definition) is 6. The number of nitrogens with one attached hydrogen (secondary N) is 1. The second-order valence-corrected chi connectivity index (χ2v) is 8.69. The third-order valence-corrected chi connectivity index (χ3v) is 6.96. The van der Waals surface area contributed by atoms with Gasteiger partial charge < -0.3 is 10.1 Å². The summed E-state index contributed by atoms with van der Waals surface area (Å²) in [5, 5.41) is 11.5. The summed E-state index contributed by atoms with van der Waals surface area (Å²) in [5.74, 6) is 2.03. The topological polar surface area (TPSA) is 72.3 Å². The number of hydrogen-bond donors (Lipinski definition) is 1.